The van der Waals surface area contributed by atoms with Gasteiger partial charge in [-0.05, 0) is 66.2 Å². The van der Waals surface area contributed by atoms with Crippen molar-refractivity contribution in [2.75, 3.05) is 7.11 Å². The van der Waals surface area contributed by atoms with E-state index in [-0.39, 0.29) is 6.42 Å². The number of pyridine rings is 1. The summed E-state index contributed by atoms with van der Waals surface area (Å²) in [5, 5.41) is 8.39. The highest BCUT2D eigenvalue weighted by molar-refractivity contribution is 7.17. The first-order valence-corrected chi connectivity index (χ1v) is 13.7. The Balaban J connectivity index is 1.43. The van der Waals surface area contributed by atoms with Crippen LogP contribution >= 0.6 is 34.5 Å². The molecule has 0 aliphatic rings. The summed E-state index contributed by atoms with van der Waals surface area (Å²) >= 11 is 13.7. The summed E-state index contributed by atoms with van der Waals surface area (Å²) in [4.78, 5) is 30.7. The fourth-order valence-electron chi connectivity index (χ4n) is 4.07. The maximum Gasteiger partial charge on any atom is 0.262 e. The van der Waals surface area contributed by atoms with Gasteiger partial charge in [0.1, 0.15) is 11.8 Å². The van der Waals surface area contributed by atoms with Gasteiger partial charge in [0.15, 0.2) is 0 Å². The van der Waals surface area contributed by atoms with Gasteiger partial charge in [-0.2, -0.15) is 5.10 Å². The molecular weight excluding hydrogens is 569 g/mol. The van der Waals surface area contributed by atoms with Crippen LogP contribution in [0, 0.1) is 0 Å². The molecule has 0 saturated heterocycles. The molecule has 11 heteroatoms. The predicted molar refractivity (Wildman–Crippen MR) is 157 cm³/mol. The first-order valence-electron chi connectivity index (χ1n) is 12.1. The summed E-state index contributed by atoms with van der Waals surface area (Å²) in [5.41, 5.74) is 9.43. The van der Waals surface area contributed by atoms with Gasteiger partial charge < -0.3 is 15.8 Å². The van der Waals surface area contributed by atoms with Crippen LogP contribution in [0.1, 0.15) is 15.2 Å². The Kier molecular flexibility index (Phi) is 8.16. The van der Waals surface area contributed by atoms with Crippen LogP contribution in [0.5, 0.6) is 5.75 Å². The van der Waals surface area contributed by atoms with Gasteiger partial charge in [0.05, 0.1) is 44.0 Å². The fraction of sp³-hybridized carbons (Fsp3) is 0.103. The van der Waals surface area contributed by atoms with Crippen molar-refractivity contribution in [1.82, 2.24) is 20.1 Å². The first-order chi connectivity index (χ1) is 19.3. The van der Waals surface area contributed by atoms with Crippen molar-refractivity contribution in [3.05, 3.63) is 106 Å². The third-order valence-corrected chi connectivity index (χ3v) is 7.99. The molecule has 0 radical (unpaired) electrons. The molecule has 0 spiro atoms. The highest BCUT2D eigenvalue weighted by Gasteiger charge is 2.22. The number of primary amides is 1. The monoisotopic (exact) mass is 591 g/mol. The number of halogens is 2. The van der Waals surface area contributed by atoms with E-state index in [9.17, 15) is 9.59 Å². The van der Waals surface area contributed by atoms with Crippen molar-refractivity contribution >= 4 is 46.4 Å². The van der Waals surface area contributed by atoms with Crippen molar-refractivity contribution in [1.29, 1.82) is 0 Å². The molecule has 1 unspecified atom stereocenters. The zero-order valence-corrected chi connectivity index (χ0v) is 23.5. The second-order valence-electron chi connectivity index (χ2n) is 8.81. The van der Waals surface area contributed by atoms with Crippen LogP contribution in [0.2, 0.25) is 10.0 Å². The lowest BCUT2D eigenvalue weighted by Crippen LogP contribution is -2.45. The van der Waals surface area contributed by atoms with Crippen LogP contribution in [-0.2, 0) is 11.2 Å². The molecule has 2 aromatic carbocycles. The van der Waals surface area contributed by atoms with Crippen LogP contribution in [0.25, 0.3) is 27.5 Å². The normalized spacial score (nSPS) is 11.7. The number of benzene rings is 2. The van der Waals surface area contributed by atoms with Crippen LogP contribution in [0.3, 0.4) is 0 Å². The van der Waals surface area contributed by atoms with E-state index in [1.54, 1.807) is 54.5 Å². The molecule has 5 aromatic rings. The van der Waals surface area contributed by atoms with E-state index in [0.717, 1.165) is 21.7 Å². The molecule has 0 saturated carbocycles. The van der Waals surface area contributed by atoms with Gasteiger partial charge in [0, 0.05) is 24.4 Å². The van der Waals surface area contributed by atoms with Gasteiger partial charge >= 0.3 is 0 Å². The van der Waals surface area contributed by atoms with Gasteiger partial charge in [0.2, 0.25) is 5.91 Å². The molecule has 0 aliphatic carbocycles. The first kappa shape index (κ1) is 27.4. The number of hydrogen-bond acceptors (Lipinski definition) is 6. The van der Waals surface area contributed by atoms with E-state index in [1.165, 1.54) is 11.3 Å². The van der Waals surface area contributed by atoms with Crippen molar-refractivity contribution in [2.24, 2.45) is 5.73 Å². The highest BCUT2D eigenvalue weighted by Crippen LogP contribution is 2.34. The topological polar surface area (TPSA) is 112 Å². The van der Waals surface area contributed by atoms with Crippen molar-refractivity contribution in [3.8, 4) is 33.3 Å². The second-order valence-corrected chi connectivity index (χ2v) is 10.7. The van der Waals surface area contributed by atoms with Crippen LogP contribution in [-0.4, -0.2) is 39.7 Å². The van der Waals surface area contributed by atoms with E-state index >= 15 is 0 Å². The minimum Gasteiger partial charge on any atom is -0.497 e. The number of aromatic nitrogens is 3. The van der Waals surface area contributed by atoms with Gasteiger partial charge in [-0.3, -0.25) is 14.6 Å². The Morgan fingerprint density at radius 2 is 1.85 bits per heavy atom. The number of ether oxygens (including phenoxy) is 1. The van der Waals surface area contributed by atoms with E-state index in [4.69, 9.17) is 38.8 Å². The number of nitrogens with one attached hydrogen (secondary N) is 1. The summed E-state index contributed by atoms with van der Waals surface area (Å²) in [7, 11) is 1.58. The summed E-state index contributed by atoms with van der Waals surface area (Å²) in [6.45, 7) is 0. The fourth-order valence-corrected chi connectivity index (χ4v) is 5.28. The number of nitrogens with zero attached hydrogens (tertiary/aromatic N) is 3. The molecule has 0 bridgehead atoms. The second kappa shape index (κ2) is 11.9. The zero-order valence-electron chi connectivity index (χ0n) is 21.2. The molecule has 8 nitrogen and oxygen atoms in total. The number of carbonyl (C=O) groups is 2. The zero-order chi connectivity index (χ0) is 28.2. The quantitative estimate of drug-likeness (QED) is 0.225. The van der Waals surface area contributed by atoms with Crippen LogP contribution in [0.15, 0.2) is 85.2 Å². The Labute approximate surface area is 244 Å². The average Bonchev–Trinajstić information content (AvgIpc) is 3.63. The minimum absolute atomic E-state index is 0.252. The van der Waals surface area contributed by atoms with Crippen LogP contribution in [0.4, 0.5) is 0 Å². The lowest BCUT2D eigenvalue weighted by atomic mass is 10.1. The summed E-state index contributed by atoms with van der Waals surface area (Å²) in [5.74, 6) is -0.331. The van der Waals surface area contributed by atoms with Gasteiger partial charge in [-0.15, -0.1) is 11.3 Å². The van der Waals surface area contributed by atoms with Gasteiger partial charge in [-0.1, -0.05) is 35.3 Å². The molecular formula is C29H23Cl2N5O3S. The molecule has 2 amide bonds. The SMILES string of the molecule is COc1ccc(CC(NC(=O)c2ccc(-c3cc(-c4cccnc4)nn3-c3ccc(Cl)c(Cl)c3)s2)C(N)=O)cc1. The molecule has 1 atom stereocenters. The lowest BCUT2D eigenvalue weighted by Gasteiger charge is -2.15. The maximum absolute atomic E-state index is 13.2. The van der Waals surface area contributed by atoms with Crippen molar-refractivity contribution in [3.63, 3.8) is 0 Å². The minimum atomic E-state index is -0.884. The maximum atomic E-state index is 13.2. The number of rotatable bonds is 9. The average molecular weight is 593 g/mol. The van der Waals surface area contributed by atoms with Crippen LogP contribution < -0.4 is 15.8 Å². The van der Waals surface area contributed by atoms with E-state index in [1.807, 2.05) is 42.5 Å². The molecule has 202 valence electrons. The molecule has 3 heterocycles. The predicted octanol–water partition coefficient (Wildman–Crippen LogP) is 5.80. The molecule has 3 N–H and O–H groups in total. The number of methoxy groups -OCH3 is 1. The molecule has 40 heavy (non-hydrogen) atoms. The third-order valence-electron chi connectivity index (χ3n) is 6.14. The van der Waals surface area contributed by atoms with E-state index in [0.29, 0.717) is 32.1 Å². The number of nitrogens with two attached hydrogens (primary N) is 1. The Bertz CT molecular complexity index is 1670. The number of hydrogen-bond donors (Lipinski definition) is 2. The molecule has 5 rings (SSSR count). The smallest absolute Gasteiger partial charge is 0.262 e. The standard InChI is InChI=1S/C29H23Cl2N5O3S/c1-39-20-7-4-17(5-8-20)13-24(28(32)37)34-29(38)27-11-10-26(40-27)25-15-23(18-3-2-12-33-16-18)35-36(25)19-6-9-21(30)22(31)14-19/h2-12,14-16,24H,13H2,1H3,(H2,32,37)(H,34,38). The van der Waals surface area contributed by atoms with E-state index < -0.39 is 17.9 Å². The van der Waals surface area contributed by atoms with Gasteiger partial charge in [-0.25, -0.2) is 4.68 Å². The van der Waals surface area contributed by atoms with Crippen molar-refractivity contribution < 1.29 is 14.3 Å². The molecule has 3 aromatic heterocycles. The Morgan fingerprint density at radius 3 is 2.52 bits per heavy atom. The summed E-state index contributed by atoms with van der Waals surface area (Å²) in [6.07, 6.45) is 3.67. The Hall–Kier alpha value is -4.18. The highest BCUT2D eigenvalue weighted by atomic mass is 35.5. The van der Waals surface area contributed by atoms with Gasteiger partial charge in [0.25, 0.3) is 5.91 Å². The number of carbonyl (C=O) groups excluding carboxylic acids is 2. The lowest BCUT2D eigenvalue weighted by molar-refractivity contribution is -0.119. The third kappa shape index (κ3) is 6.02. The summed E-state index contributed by atoms with van der Waals surface area (Å²) in [6, 6.07) is 20.8. The molecule has 0 aliphatic heterocycles. The number of amides is 2. The Morgan fingerprint density at radius 1 is 1.05 bits per heavy atom. The number of thiophene rings is 1. The summed E-state index contributed by atoms with van der Waals surface area (Å²) < 4.78 is 6.92. The van der Waals surface area contributed by atoms with E-state index in [2.05, 4.69) is 10.3 Å². The van der Waals surface area contributed by atoms with Crippen molar-refractivity contribution in [2.45, 2.75) is 12.5 Å². The largest absolute Gasteiger partial charge is 0.497 e. The molecule has 0 fully saturated rings.